The molecular formula is C11H14N2O4S. The molecule has 0 aromatic carbocycles. The van der Waals surface area contributed by atoms with Crippen LogP contribution in [0.25, 0.3) is 0 Å². The molecule has 0 saturated carbocycles. The van der Waals surface area contributed by atoms with Crippen LogP contribution in [0.4, 0.5) is 0 Å². The Hall–Kier alpha value is -1.76. The molecule has 0 aliphatic rings. The van der Waals surface area contributed by atoms with Gasteiger partial charge in [-0.3, -0.25) is 9.00 Å². The molecule has 0 saturated heterocycles. The average Bonchev–Trinajstić information content (AvgIpc) is 2.35. The van der Waals surface area contributed by atoms with E-state index < -0.39 is 22.7 Å². The maximum atomic E-state index is 11.7. The number of carbonyl (C=O) groups excluding carboxylic acids is 1. The Balaban J connectivity index is 2.70. The number of hydrogen-bond donors (Lipinski definition) is 2. The molecule has 2 atom stereocenters. The maximum absolute atomic E-state index is 11.7. The number of nitrogens with zero attached hydrogens (tertiary/aromatic N) is 1. The number of aromatic nitrogens is 1. The Labute approximate surface area is 107 Å². The van der Waals surface area contributed by atoms with Crippen LogP contribution in [0.3, 0.4) is 0 Å². The summed E-state index contributed by atoms with van der Waals surface area (Å²) in [6.45, 7) is 2.03. The van der Waals surface area contributed by atoms with E-state index in [1.807, 2.05) is 0 Å². The van der Waals surface area contributed by atoms with Crippen LogP contribution in [-0.4, -0.2) is 44.2 Å². The molecule has 1 amide bonds. The number of carboxylic acids is 1. The average molecular weight is 270 g/mol. The van der Waals surface area contributed by atoms with E-state index >= 15 is 0 Å². The number of hydrogen-bond acceptors (Lipinski definition) is 4. The highest BCUT2D eigenvalue weighted by molar-refractivity contribution is 7.84. The van der Waals surface area contributed by atoms with Crippen molar-refractivity contribution in [1.82, 2.24) is 10.3 Å². The van der Waals surface area contributed by atoms with Crippen LogP contribution in [0, 0.1) is 0 Å². The lowest BCUT2D eigenvalue weighted by molar-refractivity contribution is 0.0690. The monoisotopic (exact) mass is 270 g/mol. The van der Waals surface area contributed by atoms with Crippen LogP contribution in [0.15, 0.2) is 18.3 Å². The second kappa shape index (κ2) is 6.25. The van der Waals surface area contributed by atoms with E-state index in [4.69, 9.17) is 5.11 Å². The van der Waals surface area contributed by atoms with Crippen molar-refractivity contribution in [2.24, 2.45) is 0 Å². The number of pyridine rings is 1. The second-order valence-corrected chi connectivity index (χ2v) is 5.56. The van der Waals surface area contributed by atoms with Gasteiger partial charge in [-0.15, -0.1) is 0 Å². The lowest BCUT2D eigenvalue weighted by Crippen LogP contribution is -2.32. The first kappa shape index (κ1) is 14.3. The molecule has 0 aliphatic carbocycles. The topological polar surface area (TPSA) is 96.4 Å². The van der Waals surface area contributed by atoms with E-state index in [1.54, 1.807) is 13.2 Å². The Morgan fingerprint density at radius 2 is 2.22 bits per heavy atom. The van der Waals surface area contributed by atoms with Gasteiger partial charge in [0.25, 0.3) is 5.91 Å². The lowest BCUT2D eigenvalue weighted by Gasteiger charge is -2.09. The molecule has 2 N–H and O–H groups in total. The number of rotatable bonds is 5. The molecule has 7 heteroatoms. The Morgan fingerprint density at radius 1 is 1.56 bits per heavy atom. The van der Waals surface area contributed by atoms with E-state index in [-0.39, 0.29) is 23.1 Å². The van der Waals surface area contributed by atoms with Crippen molar-refractivity contribution in [2.75, 3.05) is 12.8 Å². The van der Waals surface area contributed by atoms with Gasteiger partial charge in [-0.1, -0.05) is 0 Å². The predicted molar refractivity (Wildman–Crippen MR) is 67.1 cm³/mol. The first-order valence-corrected chi connectivity index (χ1v) is 6.83. The van der Waals surface area contributed by atoms with Gasteiger partial charge in [0.15, 0.2) is 0 Å². The Morgan fingerprint density at radius 3 is 2.78 bits per heavy atom. The standard InChI is InChI=1S/C11H14N2O4S/c1-7(18(2)17)6-13-10(14)8-3-4-12-9(5-8)11(15)16/h3-5,7H,6H2,1-2H3,(H,13,14)(H,15,16). The minimum Gasteiger partial charge on any atom is -0.477 e. The molecule has 0 spiro atoms. The van der Waals surface area contributed by atoms with Crippen molar-refractivity contribution in [2.45, 2.75) is 12.2 Å². The van der Waals surface area contributed by atoms with Gasteiger partial charge in [-0.2, -0.15) is 0 Å². The second-order valence-electron chi connectivity index (χ2n) is 3.75. The van der Waals surface area contributed by atoms with E-state index in [9.17, 15) is 13.8 Å². The first-order chi connectivity index (χ1) is 8.41. The first-order valence-electron chi connectivity index (χ1n) is 5.21. The molecule has 0 radical (unpaired) electrons. The van der Waals surface area contributed by atoms with Crippen LogP contribution < -0.4 is 5.32 Å². The van der Waals surface area contributed by atoms with Crippen molar-refractivity contribution < 1.29 is 18.9 Å². The number of nitrogens with one attached hydrogen (secondary N) is 1. The molecule has 0 fully saturated rings. The summed E-state index contributed by atoms with van der Waals surface area (Å²) in [6.07, 6.45) is 2.82. The van der Waals surface area contributed by atoms with Crippen molar-refractivity contribution >= 4 is 22.7 Å². The molecule has 2 unspecified atom stereocenters. The minimum absolute atomic E-state index is 0.158. The largest absolute Gasteiger partial charge is 0.477 e. The van der Waals surface area contributed by atoms with Gasteiger partial charge < -0.3 is 10.4 Å². The molecule has 18 heavy (non-hydrogen) atoms. The quantitative estimate of drug-likeness (QED) is 0.801. The van der Waals surface area contributed by atoms with Crippen molar-refractivity contribution in [3.05, 3.63) is 29.6 Å². The number of carbonyl (C=O) groups is 2. The SMILES string of the molecule is CC(CNC(=O)c1ccnc(C(=O)O)c1)S(C)=O. The van der Waals surface area contributed by atoms with E-state index in [0.717, 1.165) is 0 Å². The van der Waals surface area contributed by atoms with Gasteiger partial charge in [0.05, 0.1) is 0 Å². The molecule has 1 heterocycles. The summed E-state index contributed by atoms with van der Waals surface area (Å²) in [5.74, 6) is -1.59. The summed E-state index contributed by atoms with van der Waals surface area (Å²) in [6, 6.07) is 2.63. The fourth-order valence-electron chi connectivity index (χ4n) is 1.14. The van der Waals surface area contributed by atoms with E-state index in [0.29, 0.717) is 0 Å². The fraction of sp³-hybridized carbons (Fsp3) is 0.364. The molecule has 0 bridgehead atoms. The van der Waals surface area contributed by atoms with Gasteiger partial charge in [0, 0.05) is 40.6 Å². The summed E-state index contributed by atoms with van der Waals surface area (Å²) >= 11 is 0. The van der Waals surface area contributed by atoms with Gasteiger partial charge in [-0.25, -0.2) is 9.78 Å². The summed E-state index contributed by atoms with van der Waals surface area (Å²) in [5, 5.41) is 11.2. The molecule has 1 aromatic heterocycles. The third-order valence-corrected chi connectivity index (χ3v) is 3.66. The molecule has 1 rings (SSSR count). The molecular weight excluding hydrogens is 256 g/mol. The van der Waals surface area contributed by atoms with Crippen LogP contribution in [0.5, 0.6) is 0 Å². The number of aromatic carboxylic acids is 1. The van der Waals surface area contributed by atoms with Gasteiger partial charge in [-0.05, 0) is 19.1 Å². The third kappa shape index (κ3) is 3.92. The fourth-order valence-corrected chi connectivity index (χ4v) is 1.46. The zero-order chi connectivity index (χ0) is 13.7. The minimum atomic E-state index is -1.19. The highest BCUT2D eigenvalue weighted by Gasteiger charge is 2.12. The summed E-state index contributed by atoms with van der Waals surface area (Å²) in [4.78, 5) is 26.0. The molecule has 0 aliphatic heterocycles. The Bertz CT molecular complexity index is 490. The third-order valence-electron chi connectivity index (χ3n) is 2.36. The van der Waals surface area contributed by atoms with Crippen LogP contribution >= 0.6 is 0 Å². The van der Waals surface area contributed by atoms with Crippen LogP contribution in [0.1, 0.15) is 27.8 Å². The van der Waals surface area contributed by atoms with Crippen molar-refractivity contribution in [3.8, 4) is 0 Å². The molecule has 98 valence electrons. The lowest BCUT2D eigenvalue weighted by atomic mass is 10.2. The van der Waals surface area contributed by atoms with Crippen LogP contribution in [-0.2, 0) is 10.8 Å². The summed E-state index contributed by atoms with van der Waals surface area (Å²) in [5.41, 5.74) is 0.0336. The van der Waals surface area contributed by atoms with E-state index in [2.05, 4.69) is 10.3 Å². The summed E-state index contributed by atoms with van der Waals surface area (Å²) < 4.78 is 11.1. The van der Waals surface area contributed by atoms with Crippen molar-refractivity contribution in [1.29, 1.82) is 0 Å². The molecule has 1 aromatic rings. The normalized spacial score (nSPS) is 13.7. The van der Waals surface area contributed by atoms with Crippen molar-refractivity contribution in [3.63, 3.8) is 0 Å². The van der Waals surface area contributed by atoms with Gasteiger partial charge in [0.1, 0.15) is 5.69 Å². The highest BCUT2D eigenvalue weighted by Crippen LogP contribution is 2.02. The number of amides is 1. The maximum Gasteiger partial charge on any atom is 0.354 e. The van der Waals surface area contributed by atoms with Crippen LogP contribution in [0.2, 0.25) is 0 Å². The molecule has 6 nitrogen and oxygen atoms in total. The summed E-state index contributed by atoms with van der Waals surface area (Å²) in [7, 11) is -1.02. The van der Waals surface area contributed by atoms with E-state index in [1.165, 1.54) is 18.3 Å². The Kier molecular flexibility index (Phi) is 4.96. The van der Waals surface area contributed by atoms with Gasteiger partial charge in [0.2, 0.25) is 0 Å². The van der Waals surface area contributed by atoms with Gasteiger partial charge >= 0.3 is 5.97 Å². The number of carboxylic acid groups (broad SMARTS) is 1. The highest BCUT2D eigenvalue weighted by atomic mass is 32.2. The predicted octanol–water partition coefficient (Wildman–Crippen LogP) is 0.277. The zero-order valence-corrected chi connectivity index (χ0v) is 10.9. The smallest absolute Gasteiger partial charge is 0.354 e. The zero-order valence-electron chi connectivity index (χ0n) is 10.0.